The maximum atomic E-state index is 10.4. The van der Waals surface area contributed by atoms with Crippen LogP contribution in [0.5, 0.6) is 0 Å². The van der Waals surface area contributed by atoms with Crippen molar-refractivity contribution >= 4 is 11.7 Å². The van der Waals surface area contributed by atoms with Crippen LogP contribution < -0.4 is 5.73 Å². The van der Waals surface area contributed by atoms with Crippen molar-refractivity contribution in [3.8, 4) is 0 Å². The number of benzene rings is 1. The van der Waals surface area contributed by atoms with Crippen LogP contribution in [0.1, 0.15) is 17.2 Å². The summed E-state index contributed by atoms with van der Waals surface area (Å²) >= 11 is 0. The van der Waals surface area contributed by atoms with Crippen molar-refractivity contribution in [1.82, 2.24) is 0 Å². The monoisotopic (exact) mass is 181 g/mol. The van der Waals surface area contributed by atoms with Crippen LogP contribution in [-0.4, -0.2) is 16.2 Å². The number of aryl methyl sites for hydroxylation is 1. The van der Waals surface area contributed by atoms with Gasteiger partial charge in [-0.2, -0.15) is 0 Å². The van der Waals surface area contributed by atoms with Crippen molar-refractivity contribution in [3.63, 3.8) is 0 Å². The molecule has 0 fully saturated rings. The van der Waals surface area contributed by atoms with Crippen molar-refractivity contribution in [2.45, 2.75) is 13.0 Å². The number of carbonyl (C=O) groups is 1. The zero-order valence-electron chi connectivity index (χ0n) is 7.19. The van der Waals surface area contributed by atoms with Gasteiger partial charge in [0.2, 0.25) is 0 Å². The van der Waals surface area contributed by atoms with Crippen molar-refractivity contribution in [2.75, 3.05) is 5.73 Å². The number of rotatable bonds is 2. The highest BCUT2D eigenvalue weighted by Gasteiger charge is 2.15. The summed E-state index contributed by atoms with van der Waals surface area (Å²) in [7, 11) is 0. The first-order chi connectivity index (χ1) is 6.02. The fourth-order valence-electron chi connectivity index (χ4n) is 1.01. The normalized spacial score (nSPS) is 12.5. The van der Waals surface area contributed by atoms with Crippen LogP contribution in [0.2, 0.25) is 0 Å². The molecule has 4 nitrogen and oxygen atoms in total. The molecule has 0 amide bonds. The number of hydrogen-bond acceptors (Lipinski definition) is 3. The molecule has 0 aliphatic rings. The van der Waals surface area contributed by atoms with E-state index < -0.39 is 12.1 Å². The Labute approximate surface area is 75.6 Å². The van der Waals surface area contributed by atoms with Gasteiger partial charge in [0.05, 0.1) is 0 Å². The lowest BCUT2D eigenvalue weighted by molar-refractivity contribution is -0.146. The maximum absolute atomic E-state index is 10.4. The minimum atomic E-state index is -1.47. The minimum absolute atomic E-state index is 0.346. The zero-order chi connectivity index (χ0) is 10.0. The number of anilines is 1. The highest BCUT2D eigenvalue weighted by atomic mass is 16.4. The second-order valence-corrected chi connectivity index (χ2v) is 2.86. The van der Waals surface area contributed by atoms with E-state index >= 15 is 0 Å². The van der Waals surface area contributed by atoms with Gasteiger partial charge >= 0.3 is 5.97 Å². The minimum Gasteiger partial charge on any atom is -0.479 e. The molecule has 0 bridgehead atoms. The van der Waals surface area contributed by atoms with Crippen molar-refractivity contribution in [3.05, 3.63) is 29.3 Å². The molecule has 1 aromatic rings. The standard InChI is InChI=1S/C9H11NO3/c1-5-4-6(2-3-7(5)10)8(11)9(12)13/h2-4,8,11H,10H2,1H3,(H,12,13). The number of nitrogen functional groups attached to an aromatic ring is 1. The molecular weight excluding hydrogens is 170 g/mol. The molecule has 1 atom stereocenters. The van der Waals surface area contributed by atoms with Gasteiger partial charge in [-0.1, -0.05) is 12.1 Å². The summed E-state index contributed by atoms with van der Waals surface area (Å²) in [6.45, 7) is 1.76. The van der Waals surface area contributed by atoms with E-state index in [1.54, 1.807) is 19.1 Å². The van der Waals surface area contributed by atoms with E-state index in [0.717, 1.165) is 5.56 Å². The summed E-state index contributed by atoms with van der Waals surface area (Å²) in [5.41, 5.74) is 7.23. The number of aliphatic hydroxyl groups is 1. The molecule has 0 saturated carbocycles. The Morgan fingerprint density at radius 3 is 2.62 bits per heavy atom. The van der Waals surface area contributed by atoms with E-state index in [9.17, 15) is 9.90 Å². The molecule has 0 radical (unpaired) electrons. The molecule has 70 valence electrons. The van der Waals surface area contributed by atoms with Crippen molar-refractivity contribution < 1.29 is 15.0 Å². The van der Waals surface area contributed by atoms with Crippen molar-refractivity contribution in [1.29, 1.82) is 0 Å². The molecule has 1 unspecified atom stereocenters. The van der Waals surface area contributed by atoms with Gasteiger partial charge in [-0.3, -0.25) is 0 Å². The smallest absolute Gasteiger partial charge is 0.337 e. The summed E-state index contributed by atoms with van der Waals surface area (Å²) in [5.74, 6) is -1.26. The summed E-state index contributed by atoms with van der Waals surface area (Å²) in [6.07, 6.45) is -1.47. The third-order valence-electron chi connectivity index (χ3n) is 1.84. The van der Waals surface area contributed by atoms with Crippen LogP contribution in [0, 0.1) is 6.92 Å². The van der Waals surface area contributed by atoms with Crippen LogP contribution >= 0.6 is 0 Å². The Kier molecular flexibility index (Phi) is 2.53. The fourth-order valence-corrected chi connectivity index (χ4v) is 1.01. The van der Waals surface area contributed by atoms with Gasteiger partial charge in [-0.15, -0.1) is 0 Å². The van der Waals surface area contributed by atoms with Gasteiger partial charge < -0.3 is 15.9 Å². The van der Waals surface area contributed by atoms with Crippen LogP contribution in [-0.2, 0) is 4.79 Å². The average molecular weight is 181 g/mol. The zero-order valence-corrected chi connectivity index (χ0v) is 7.19. The first kappa shape index (κ1) is 9.54. The average Bonchev–Trinajstić information content (AvgIpc) is 2.08. The van der Waals surface area contributed by atoms with Gasteiger partial charge in [-0.05, 0) is 24.1 Å². The summed E-state index contributed by atoms with van der Waals surface area (Å²) in [6, 6.07) is 4.64. The summed E-state index contributed by atoms with van der Waals surface area (Å²) < 4.78 is 0. The van der Waals surface area contributed by atoms with Crippen LogP contribution in [0.25, 0.3) is 0 Å². The predicted molar refractivity (Wildman–Crippen MR) is 48.2 cm³/mol. The van der Waals surface area contributed by atoms with Crippen LogP contribution in [0.4, 0.5) is 5.69 Å². The lowest BCUT2D eigenvalue weighted by atomic mass is 10.1. The Bertz CT molecular complexity index is 336. The molecule has 0 aliphatic carbocycles. The first-order valence-electron chi connectivity index (χ1n) is 3.79. The maximum Gasteiger partial charge on any atom is 0.337 e. The summed E-state index contributed by atoms with van der Waals surface area (Å²) in [5, 5.41) is 17.7. The molecule has 0 heterocycles. The lowest BCUT2D eigenvalue weighted by Gasteiger charge is -2.07. The number of aliphatic hydroxyl groups excluding tert-OH is 1. The molecule has 13 heavy (non-hydrogen) atoms. The predicted octanol–water partition coefficient (Wildman–Crippen LogP) is 0.695. The van der Waals surface area contributed by atoms with Gasteiger partial charge in [0.15, 0.2) is 6.10 Å². The van der Waals surface area contributed by atoms with E-state index in [-0.39, 0.29) is 0 Å². The topological polar surface area (TPSA) is 83.5 Å². The molecule has 1 aromatic carbocycles. The molecular formula is C9H11NO3. The van der Waals surface area contributed by atoms with Gasteiger partial charge in [0.25, 0.3) is 0 Å². The second kappa shape index (κ2) is 3.45. The SMILES string of the molecule is Cc1cc(C(O)C(=O)O)ccc1N. The number of hydrogen-bond donors (Lipinski definition) is 3. The highest BCUT2D eigenvalue weighted by Crippen LogP contribution is 2.18. The Balaban J connectivity index is 3.03. The molecule has 4 heteroatoms. The molecule has 1 rings (SSSR count). The second-order valence-electron chi connectivity index (χ2n) is 2.86. The third-order valence-corrected chi connectivity index (χ3v) is 1.84. The highest BCUT2D eigenvalue weighted by molar-refractivity contribution is 5.74. The Hall–Kier alpha value is -1.55. The van der Waals surface area contributed by atoms with E-state index in [1.807, 2.05) is 0 Å². The van der Waals surface area contributed by atoms with E-state index in [2.05, 4.69) is 0 Å². The molecule has 0 spiro atoms. The van der Waals surface area contributed by atoms with Gasteiger partial charge in [-0.25, -0.2) is 4.79 Å². The van der Waals surface area contributed by atoms with Crippen LogP contribution in [0.3, 0.4) is 0 Å². The molecule has 4 N–H and O–H groups in total. The Morgan fingerprint density at radius 2 is 2.15 bits per heavy atom. The Morgan fingerprint density at radius 1 is 1.54 bits per heavy atom. The lowest BCUT2D eigenvalue weighted by Crippen LogP contribution is -2.10. The largest absolute Gasteiger partial charge is 0.479 e. The third kappa shape index (κ3) is 1.97. The quantitative estimate of drug-likeness (QED) is 0.586. The fraction of sp³-hybridized carbons (Fsp3) is 0.222. The van der Waals surface area contributed by atoms with Gasteiger partial charge in [0.1, 0.15) is 0 Å². The number of carboxylic acid groups (broad SMARTS) is 1. The van der Waals surface area contributed by atoms with Crippen molar-refractivity contribution in [2.24, 2.45) is 0 Å². The summed E-state index contributed by atoms with van der Waals surface area (Å²) in [4.78, 5) is 10.4. The number of aliphatic carboxylic acids is 1. The number of carboxylic acids is 1. The molecule has 0 aromatic heterocycles. The molecule has 0 aliphatic heterocycles. The number of nitrogens with two attached hydrogens (primary N) is 1. The van der Waals surface area contributed by atoms with Gasteiger partial charge in [0, 0.05) is 5.69 Å². The van der Waals surface area contributed by atoms with E-state index in [4.69, 9.17) is 10.8 Å². The molecule has 0 saturated heterocycles. The van der Waals surface area contributed by atoms with E-state index in [1.165, 1.54) is 6.07 Å². The van der Waals surface area contributed by atoms with E-state index in [0.29, 0.717) is 11.3 Å². The first-order valence-corrected chi connectivity index (χ1v) is 3.79. The van der Waals surface area contributed by atoms with Crippen LogP contribution in [0.15, 0.2) is 18.2 Å².